The first-order valence-corrected chi connectivity index (χ1v) is 10.3. The van der Waals surface area contributed by atoms with E-state index < -0.39 is 0 Å². The molecular formula is C24H25N4O2+. The third kappa shape index (κ3) is 3.44. The fourth-order valence-electron chi connectivity index (χ4n) is 4.23. The maximum atomic E-state index is 13.3. The van der Waals surface area contributed by atoms with Crippen molar-refractivity contribution >= 4 is 27.9 Å². The fraction of sp³-hybridized carbons (Fsp3) is 0.250. The summed E-state index contributed by atoms with van der Waals surface area (Å²) in [4.78, 5) is 19.1. The van der Waals surface area contributed by atoms with Gasteiger partial charge >= 0.3 is 11.7 Å². The Balaban J connectivity index is 1.52. The molecule has 0 saturated carbocycles. The van der Waals surface area contributed by atoms with Crippen LogP contribution in [0.2, 0.25) is 0 Å². The molecule has 152 valence electrons. The van der Waals surface area contributed by atoms with Crippen LogP contribution in [0.1, 0.15) is 21.9 Å². The number of carbonyl (C=O) groups is 1. The first kappa shape index (κ1) is 18.8. The largest absolute Gasteiger partial charge is 0.379 e. The summed E-state index contributed by atoms with van der Waals surface area (Å²) in [7, 11) is 0. The molecular weight excluding hydrogens is 376 g/mol. The number of nitrogens with zero attached hydrogens (tertiary/aromatic N) is 2. The summed E-state index contributed by atoms with van der Waals surface area (Å²) in [6, 6.07) is 18.1. The van der Waals surface area contributed by atoms with Gasteiger partial charge in [-0.25, -0.2) is 4.98 Å². The van der Waals surface area contributed by atoms with Crippen LogP contribution in [0.15, 0.2) is 60.8 Å². The van der Waals surface area contributed by atoms with Crippen molar-refractivity contribution in [2.45, 2.75) is 13.5 Å². The van der Waals surface area contributed by atoms with Gasteiger partial charge in [0.05, 0.1) is 26.0 Å². The Morgan fingerprint density at radius 3 is 2.77 bits per heavy atom. The average molecular weight is 401 g/mol. The quantitative estimate of drug-likeness (QED) is 0.516. The zero-order valence-electron chi connectivity index (χ0n) is 17.0. The number of H-pyrrole nitrogens is 1. The highest BCUT2D eigenvalue weighted by Gasteiger charge is 2.27. The number of anilines is 1. The molecule has 30 heavy (non-hydrogen) atoms. The van der Waals surface area contributed by atoms with Crippen LogP contribution >= 0.6 is 0 Å². The zero-order valence-corrected chi connectivity index (χ0v) is 17.0. The van der Waals surface area contributed by atoms with Crippen LogP contribution in [-0.4, -0.2) is 42.1 Å². The molecule has 4 aromatic rings. The number of ether oxygens (including phenoxy) is 1. The van der Waals surface area contributed by atoms with Gasteiger partial charge in [-0.1, -0.05) is 42.5 Å². The van der Waals surface area contributed by atoms with Gasteiger partial charge in [0.1, 0.15) is 0 Å². The molecule has 1 aliphatic heterocycles. The molecule has 1 saturated heterocycles. The molecule has 6 nitrogen and oxygen atoms in total. The van der Waals surface area contributed by atoms with Gasteiger partial charge in [-0.05, 0) is 24.4 Å². The SMILES string of the molecule is Cc1ccc[n+]2c(C(=O)Nc3cccc4ccccc34)[nH]c(CN3CCOCC3)c12. The van der Waals surface area contributed by atoms with Crippen molar-refractivity contribution < 1.29 is 13.9 Å². The summed E-state index contributed by atoms with van der Waals surface area (Å²) in [5.74, 6) is 0.380. The van der Waals surface area contributed by atoms with Crippen LogP contribution in [0.25, 0.3) is 16.3 Å². The van der Waals surface area contributed by atoms with Crippen LogP contribution in [0.5, 0.6) is 0 Å². The lowest BCUT2D eigenvalue weighted by Crippen LogP contribution is -2.36. The van der Waals surface area contributed by atoms with E-state index in [1.54, 1.807) is 0 Å². The van der Waals surface area contributed by atoms with Gasteiger partial charge in [0.2, 0.25) is 0 Å². The molecule has 0 unspecified atom stereocenters. The van der Waals surface area contributed by atoms with E-state index in [0.29, 0.717) is 5.82 Å². The molecule has 2 aromatic heterocycles. The minimum Gasteiger partial charge on any atom is -0.379 e. The number of imidazole rings is 1. The van der Waals surface area contributed by atoms with Crippen molar-refractivity contribution in [2.75, 3.05) is 31.6 Å². The number of aryl methyl sites for hydroxylation is 1. The van der Waals surface area contributed by atoms with Gasteiger partial charge in [-0.15, -0.1) is 0 Å². The van der Waals surface area contributed by atoms with E-state index in [9.17, 15) is 4.79 Å². The second-order valence-electron chi connectivity index (χ2n) is 7.73. The lowest BCUT2D eigenvalue weighted by atomic mass is 10.1. The number of morpholine rings is 1. The Hall–Kier alpha value is -3.22. The van der Waals surface area contributed by atoms with Crippen molar-refractivity contribution in [1.29, 1.82) is 0 Å². The molecule has 1 fully saturated rings. The number of hydrogen-bond donors (Lipinski definition) is 2. The highest BCUT2D eigenvalue weighted by atomic mass is 16.5. The Morgan fingerprint density at radius 1 is 1.10 bits per heavy atom. The van der Waals surface area contributed by atoms with E-state index in [4.69, 9.17) is 4.74 Å². The van der Waals surface area contributed by atoms with Crippen molar-refractivity contribution in [3.63, 3.8) is 0 Å². The van der Waals surface area contributed by atoms with Gasteiger partial charge < -0.3 is 10.1 Å². The van der Waals surface area contributed by atoms with Gasteiger partial charge in [-0.3, -0.25) is 9.69 Å². The third-order valence-corrected chi connectivity index (χ3v) is 5.73. The molecule has 0 radical (unpaired) electrons. The average Bonchev–Trinajstić information content (AvgIpc) is 3.14. The number of aromatic amines is 1. The van der Waals surface area contributed by atoms with E-state index in [2.05, 4.69) is 28.2 Å². The summed E-state index contributed by atoms with van der Waals surface area (Å²) >= 11 is 0. The van der Waals surface area contributed by atoms with Gasteiger partial charge in [0.25, 0.3) is 0 Å². The van der Waals surface area contributed by atoms with Crippen molar-refractivity contribution in [1.82, 2.24) is 9.88 Å². The number of amides is 1. The summed E-state index contributed by atoms with van der Waals surface area (Å²) in [6.07, 6.45) is 1.94. The van der Waals surface area contributed by atoms with E-state index in [0.717, 1.165) is 66.1 Å². The Labute approximate surface area is 175 Å². The molecule has 1 aliphatic rings. The smallest absolute Gasteiger partial charge is 0.351 e. The number of pyridine rings is 1. The minimum absolute atomic E-state index is 0.153. The van der Waals surface area contributed by atoms with Crippen LogP contribution in [0.4, 0.5) is 5.69 Å². The predicted molar refractivity (Wildman–Crippen MR) is 117 cm³/mol. The first-order chi connectivity index (χ1) is 14.7. The molecule has 0 spiro atoms. The van der Waals surface area contributed by atoms with Crippen molar-refractivity contribution in [2.24, 2.45) is 0 Å². The fourth-order valence-corrected chi connectivity index (χ4v) is 4.23. The Bertz CT molecular complexity index is 1220. The third-order valence-electron chi connectivity index (χ3n) is 5.73. The molecule has 5 rings (SSSR count). The summed E-state index contributed by atoms with van der Waals surface area (Å²) < 4.78 is 7.44. The molecule has 0 atom stereocenters. The Morgan fingerprint density at radius 2 is 1.90 bits per heavy atom. The first-order valence-electron chi connectivity index (χ1n) is 10.3. The molecule has 0 bridgehead atoms. The van der Waals surface area contributed by atoms with Crippen LogP contribution < -0.4 is 9.72 Å². The van der Waals surface area contributed by atoms with Crippen molar-refractivity contribution in [3.8, 4) is 0 Å². The lowest BCUT2D eigenvalue weighted by molar-refractivity contribution is -0.514. The molecule has 0 aliphatic carbocycles. The van der Waals surface area contributed by atoms with Crippen LogP contribution in [-0.2, 0) is 11.3 Å². The van der Waals surface area contributed by atoms with Gasteiger partial charge in [0.15, 0.2) is 11.2 Å². The zero-order chi connectivity index (χ0) is 20.5. The van der Waals surface area contributed by atoms with Crippen LogP contribution in [0, 0.1) is 6.92 Å². The number of aromatic nitrogens is 2. The minimum atomic E-state index is -0.153. The highest BCUT2D eigenvalue weighted by Crippen LogP contribution is 2.23. The highest BCUT2D eigenvalue weighted by molar-refractivity contribution is 6.07. The molecule has 2 aromatic carbocycles. The number of benzene rings is 2. The maximum absolute atomic E-state index is 13.3. The van der Waals surface area contributed by atoms with E-state index in [1.165, 1.54) is 0 Å². The number of carbonyl (C=O) groups excluding carboxylic acids is 1. The van der Waals surface area contributed by atoms with E-state index in [1.807, 2.05) is 59.1 Å². The number of nitrogens with one attached hydrogen (secondary N) is 2. The van der Waals surface area contributed by atoms with E-state index >= 15 is 0 Å². The van der Waals surface area contributed by atoms with Gasteiger partial charge in [0, 0.05) is 29.7 Å². The van der Waals surface area contributed by atoms with Crippen LogP contribution in [0.3, 0.4) is 0 Å². The molecule has 1 amide bonds. The molecule has 6 heteroatoms. The summed E-state index contributed by atoms with van der Waals surface area (Å²) in [5, 5.41) is 5.23. The number of hydrogen-bond acceptors (Lipinski definition) is 3. The lowest BCUT2D eigenvalue weighted by Gasteiger charge is -2.25. The van der Waals surface area contributed by atoms with Crippen molar-refractivity contribution in [3.05, 3.63) is 77.9 Å². The normalized spacial score (nSPS) is 15.0. The summed E-state index contributed by atoms with van der Waals surface area (Å²) in [5.41, 5.74) is 4.06. The molecule has 3 heterocycles. The number of fused-ring (bicyclic) bond motifs is 2. The monoisotopic (exact) mass is 401 g/mol. The van der Waals surface area contributed by atoms with Gasteiger partial charge in [-0.2, -0.15) is 4.40 Å². The maximum Gasteiger partial charge on any atom is 0.351 e. The standard InChI is InChI=1S/C24H24N4O2/c1-17-6-5-11-28-22(17)21(16-27-12-14-30-15-13-27)25-23(28)24(29)26-20-10-4-8-18-7-2-3-9-19(18)20/h2-11H,12-16H2,1H3,(H,26,29)/p+1. The topological polar surface area (TPSA) is 61.5 Å². The molecule has 2 N–H and O–H groups in total. The predicted octanol–water partition coefficient (Wildman–Crippen LogP) is 3.30. The number of rotatable bonds is 4. The second-order valence-corrected chi connectivity index (χ2v) is 7.73. The Kier molecular flexibility index (Phi) is 4.94. The van der Waals surface area contributed by atoms with E-state index in [-0.39, 0.29) is 5.91 Å². The second kappa shape index (κ2) is 7.89. The summed E-state index contributed by atoms with van der Waals surface area (Å²) in [6.45, 7) is 6.14.